The Kier molecular flexibility index (Phi) is 5.91. The van der Waals surface area contributed by atoms with Gasteiger partial charge in [0.05, 0.1) is 6.04 Å². The summed E-state index contributed by atoms with van der Waals surface area (Å²) in [6.07, 6.45) is 3.31. The highest BCUT2D eigenvalue weighted by Gasteiger charge is 2.15. The molecule has 0 unspecified atom stereocenters. The molecule has 1 aromatic heterocycles. The third-order valence-corrected chi connectivity index (χ3v) is 3.91. The van der Waals surface area contributed by atoms with Gasteiger partial charge in [-0.25, -0.2) is 0 Å². The molecule has 0 spiro atoms. The smallest absolute Gasteiger partial charge is 0.269 e. The predicted octanol–water partition coefficient (Wildman–Crippen LogP) is 2.69. The molecule has 1 N–H and O–H groups in total. The zero-order chi connectivity index (χ0) is 17.5. The highest BCUT2D eigenvalue weighted by atomic mass is 16.2. The molecule has 0 aliphatic rings. The number of nitriles is 1. The van der Waals surface area contributed by atoms with Crippen molar-refractivity contribution >= 4 is 5.91 Å². The van der Waals surface area contributed by atoms with Crippen molar-refractivity contribution in [3.63, 3.8) is 0 Å². The fourth-order valence-electron chi connectivity index (χ4n) is 2.62. The first kappa shape index (κ1) is 17.5. The number of benzene rings is 1. The lowest BCUT2D eigenvalue weighted by molar-refractivity contribution is -0.122. The monoisotopic (exact) mass is 323 g/mol. The van der Waals surface area contributed by atoms with Gasteiger partial charge in [0.15, 0.2) is 0 Å². The maximum Gasteiger partial charge on any atom is 0.269 e. The molecule has 0 radical (unpaired) electrons. The number of nitrogens with one attached hydrogen (secondary N) is 1. The van der Waals surface area contributed by atoms with Crippen LogP contribution in [0.25, 0.3) is 0 Å². The van der Waals surface area contributed by atoms with Crippen LogP contribution in [0.3, 0.4) is 0 Å². The maximum absolute atomic E-state index is 12.4. The Hall–Kier alpha value is -2.87. The van der Waals surface area contributed by atoms with Crippen LogP contribution in [0.5, 0.6) is 0 Å². The second-order valence-electron chi connectivity index (χ2n) is 5.74. The van der Waals surface area contributed by atoms with Crippen molar-refractivity contribution in [3.8, 4) is 6.07 Å². The minimum atomic E-state index is -0.431. The van der Waals surface area contributed by atoms with Gasteiger partial charge in [-0.15, -0.1) is 0 Å². The Labute approximate surface area is 141 Å². The Morgan fingerprint density at radius 1 is 1.29 bits per heavy atom. The van der Waals surface area contributed by atoms with Gasteiger partial charge < -0.3 is 9.88 Å². The Morgan fingerprint density at radius 3 is 2.62 bits per heavy atom. The molecule has 0 aliphatic heterocycles. The van der Waals surface area contributed by atoms with Gasteiger partial charge in [-0.3, -0.25) is 9.59 Å². The highest BCUT2D eigenvalue weighted by molar-refractivity contribution is 5.76. The van der Waals surface area contributed by atoms with E-state index in [4.69, 9.17) is 5.26 Å². The number of nitrogens with zero attached hydrogens (tertiary/aromatic N) is 2. The zero-order valence-corrected chi connectivity index (χ0v) is 14.0. The first-order valence-corrected chi connectivity index (χ1v) is 8.01. The van der Waals surface area contributed by atoms with E-state index in [2.05, 4.69) is 12.2 Å². The van der Waals surface area contributed by atoms with Gasteiger partial charge >= 0.3 is 0 Å². The van der Waals surface area contributed by atoms with E-state index in [-0.39, 0.29) is 24.1 Å². The minimum absolute atomic E-state index is 0.0819. The molecule has 1 heterocycles. The van der Waals surface area contributed by atoms with E-state index in [1.807, 2.05) is 36.4 Å². The van der Waals surface area contributed by atoms with E-state index in [0.29, 0.717) is 5.56 Å². The van der Waals surface area contributed by atoms with Crippen molar-refractivity contribution in [2.75, 3.05) is 0 Å². The van der Waals surface area contributed by atoms with Crippen molar-refractivity contribution in [1.29, 1.82) is 5.26 Å². The van der Waals surface area contributed by atoms with Gasteiger partial charge in [0.1, 0.15) is 18.2 Å². The van der Waals surface area contributed by atoms with Gasteiger partial charge in [-0.1, -0.05) is 43.7 Å². The number of pyridine rings is 1. The second-order valence-corrected chi connectivity index (χ2v) is 5.74. The van der Waals surface area contributed by atoms with Crippen LogP contribution in [0.4, 0.5) is 0 Å². The lowest BCUT2D eigenvalue weighted by Crippen LogP contribution is -2.35. The zero-order valence-electron chi connectivity index (χ0n) is 14.0. The molecular weight excluding hydrogens is 302 g/mol. The van der Waals surface area contributed by atoms with Gasteiger partial charge in [0.25, 0.3) is 5.56 Å². The van der Waals surface area contributed by atoms with Crippen LogP contribution in [0.15, 0.2) is 47.4 Å². The first-order valence-electron chi connectivity index (χ1n) is 8.01. The number of carbonyl (C=O) groups excluding carboxylic acids is 1. The summed E-state index contributed by atoms with van der Waals surface area (Å²) in [7, 11) is 0. The number of carbonyl (C=O) groups is 1. The van der Waals surface area contributed by atoms with Crippen molar-refractivity contribution in [2.24, 2.45) is 0 Å². The Morgan fingerprint density at radius 2 is 2.00 bits per heavy atom. The van der Waals surface area contributed by atoms with Gasteiger partial charge in [0, 0.05) is 6.20 Å². The average molecular weight is 323 g/mol. The third kappa shape index (κ3) is 4.11. The van der Waals surface area contributed by atoms with Crippen molar-refractivity contribution < 1.29 is 4.79 Å². The molecule has 0 saturated carbocycles. The van der Waals surface area contributed by atoms with Crippen molar-refractivity contribution in [2.45, 2.75) is 39.3 Å². The highest BCUT2D eigenvalue weighted by Crippen LogP contribution is 2.17. The summed E-state index contributed by atoms with van der Waals surface area (Å²) in [5.41, 5.74) is 1.31. The average Bonchev–Trinajstić information content (AvgIpc) is 2.58. The summed E-state index contributed by atoms with van der Waals surface area (Å²) in [5.74, 6) is -0.243. The molecule has 5 heteroatoms. The molecular formula is C19H21N3O2. The molecule has 124 valence electrons. The number of rotatable bonds is 6. The fourth-order valence-corrected chi connectivity index (χ4v) is 2.62. The summed E-state index contributed by atoms with van der Waals surface area (Å²) in [6.45, 7) is 3.67. The van der Waals surface area contributed by atoms with Crippen molar-refractivity contribution in [3.05, 3.63) is 69.6 Å². The quantitative estimate of drug-likeness (QED) is 0.888. The molecule has 0 saturated heterocycles. The van der Waals surface area contributed by atoms with Gasteiger partial charge in [-0.05, 0) is 30.5 Å². The number of hydrogen-bond donors (Lipinski definition) is 1. The van der Waals surface area contributed by atoms with E-state index in [9.17, 15) is 9.59 Å². The summed E-state index contributed by atoms with van der Waals surface area (Å²) in [5, 5.41) is 12.0. The molecule has 2 rings (SSSR count). The van der Waals surface area contributed by atoms with E-state index in [1.54, 1.807) is 19.2 Å². The third-order valence-electron chi connectivity index (χ3n) is 3.91. The molecule has 1 amide bonds. The Balaban J connectivity index is 2.15. The summed E-state index contributed by atoms with van der Waals surface area (Å²) in [6, 6.07) is 13.3. The van der Waals surface area contributed by atoms with Crippen LogP contribution in [-0.2, 0) is 11.3 Å². The molecule has 24 heavy (non-hydrogen) atoms. The van der Waals surface area contributed by atoms with E-state index in [0.717, 1.165) is 18.4 Å². The normalized spacial score (nSPS) is 11.5. The van der Waals surface area contributed by atoms with Crippen LogP contribution in [0.2, 0.25) is 0 Å². The molecule has 0 aliphatic carbocycles. The van der Waals surface area contributed by atoms with Crippen LogP contribution in [0.1, 0.15) is 42.5 Å². The SMILES string of the molecule is CCC[C@@H](NC(=O)Cn1ccc(C)c(C#N)c1=O)c1ccccc1. The number of aromatic nitrogens is 1. The molecule has 1 atom stereocenters. The van der Waals surface area contributed by atoms with Crippen LogP contribution in [0, 0.1) is 18.3 Å². The van der Waals surface area contributed by atoms with Crippen LogP contribution < -0.4 is 10.9 Å². The maximum atomic E-state index is 12.4. The number of hydrogen-bond acceptors (Lipinski definition) is 3. The molecule has 0 bridgehead atoms. The predicted molar refractivity (Wildman–Crippen MR) is 92.4 cm³/mol. The van der Waals surface area contributed by atoms with Gasteiger partial charge in [0.2, 0.25) is 5.91 Å². The fraction of sp³-hybridized carbons (Fsp3) is 0.316. The second kappa shape index (κ2) is 8.11. The van der Waals surface area contributed by atoms with E-state index < -0.39 is 5.56 Å². The summed E-state index contributed by atoms with van der Waals surface area (Å²) in [4.78, 5) is 24.6. The van der Waals surface area contributed by atoms with Crippen LogP contribution >= 0.6 is 0 Å². The van der Waals surface area contributed by atoms with E-state index in [1.165, 1.54) is 4.57 Å². The van der Waals surface area contributed by atoms with Gasteiger partial charge in [-0.2, -0.15) is 5.26 Å². The molecule has 1 aromatic carbocycles. The van der Waals surface area contributed by atoms with Crippen LogP contribution in [-0.4, -0.2) is 10.5 Å². The summed E-state index contributed by atoms with van der Waals surface area (Å²) < 4.78 is 1.27. The standard InChI is InChI=1S/C19H21N3O2/c1-3-7-17(15-8-5-4-6-9-15)21-18(23)13-22-11-10-14(2)16(12-20)19(22)24/h4-6,8-11,17H,3,7,13H2,1-2H3,(H,21,23)/t17-/m1/s1. The molecule has 2 aromatic rings. The molecule has 0 fully saturated rings. The lowest BCUT2D eigenvalue weighted by Gasteiger charge is -2.19. The number of aryl methyl sites for hydroxylation is 1. The first-order chi connectivity index (χ1) is 11.6. The topological polar surface area (TPSA) is 74.9 Å². The summed E-state index contributed by atoms with van der Waals surface area (Å²) >= 11 is 0. The van der Waals surface area contributed by atoms with E-state index >= 15 is 0 Å². The largest absolute Gasteiger partial charge is 0.348 e. The minimum Gasteiger partial charge on any atom is -0.348 e. The molecule has 5 nitrogen and oxygen atoms in total. The van der Waals surface area contributed by atoms with Crippen molar-refractivity contribution in [1.82, 2.24) is 9.88 Å². The lowest BCUT2D eigenvalue weighted by atomic mass is 10.0. The Bertz CT molecular complexity index is 804. The number of amides is 1.